The summed E-state index contributed by atoms with van der Waals surface area (Å²) in [6.07, 6.45) is 2.49. The molecule has 1 heterocycles. The first-order chi connectivity index (χ1) is 13.6. The summed E-state index contributed by atoms with van der Waals surface area (Å²) in [5.41, 5.74) is 7.22. The first-order valence-electron chi connectivity index (χ1n) is 9.68. The summed E-state index contributed by atoms with van der Waals surface area (Å²) in [6, 6.07) is 18.8. The van der Waals surface area contributed by atoms with Gasteiger partial charge >= 0.3 is 0 Å². The van der Waals surface area contributed by atoms with Crippen LogP contribution in [0.15, 0.2) is 70.6 Å². The van der Waals surface area contributed by atoms with Crippen LogP contribution in [0, 0.1) is 5.92 Å². The van der Waals surface area contributed by atoms with Crippen molar-refractivity contribution in [3.8, 4) is 0 Å². The number of nitrogens with one attached hydrogen (secondary N) is 1. The maximum absolute atomic E-state index is 12.7. The molecule has 0 amide bonds. The van der Waals surface area contributed by atoms with Crippen LogP contribution in [0.25, 0.3) is 0 Å². The predicted octanol–water partition coefficient (Wildman–Crippen LogP) is 2.23. The Morgan fingerprint density at radius 2 is 1.64 bits per heavy atom. The summed E-state index contributed by atoms with van der Waals surface area (Å²) in [4.78, 5) is 4.80. The SMILES string of the molecule is NC(=NCC1CCN(S(=O)(=O)c2ccccc2)CC1)NCCc1ccccc1. The molecular formula is C21H28N4O2S. The second-order valence-corrected chi connectivity index (χ2v) is 8.99. The van der Waals surface area contributed by atoms with E-state index in [1.165, 1.54) is 5.56 Å². The van der Waals surface area contributed by atoms with E-state index < -0.39 is 10.0 Å². The van der Waals surface area contributed by atoms with Gasteiger partial charge < -0.3 is 11.1 Å². The highest BCUT2D eigenvalue weighted by atomic mass is 32.2. The zero-order valence-corrected chi connectivity index (χ0v) is 16.8. The first kappa shape index (κ1) is 20.4. The maximum Gasteiger partial charge on any atom is 0.243 e. The van der Waals surface area contributed by atoms with Crippen LogP contribution >= 0.6 is 0 Å². The van der Waals surface area contributed by atoms with Crippen LogP contribution < -0.4 is 11.1 Å². The average molecular weight is 401 g/mol. The second-order valence-electron chi connectivity index (χ2n) is 7.05. The highest BCUT2D eigenvalue weighted by Gasteiger charge is 2.29. The van der Waals surface area contributed by atoms with Crippen molar-refractivity contribution in [2.24, 2.45) is 16.6 Å². The van der Waals surface area contributed by atoms with Gasteiger partial charge in [0.2, 0.25) is 10.0 Å². The van der Waals surface area contributed by atoms with Crippen molar-refractivity contribution >= 4 is 16.0 Å². The van der Waals surface area contributed by atoms with Crippen molar-refractivity contribution in [2.75, 3.05) is 26.2 Å². The Hall–Kier alpha value is -2.38. The van der Waals surface area contributed by atoms with Crippen LogP contribution in [0.4, 0.5) is 0 Å². The first-order valence-corrected chi connectivity index (χ1v) is 11.1. The topological polar surface area (TPSA) is 87.8 Å². The summed E-state index contributed by atoms with van der Waals surface area (Å²) in [6.45, 7) is 2.42. The van der Waals surface area contributed by atoms with E-state index >= 15 is 0 Å². The Morgan fingerprint density at radius 1 is 1.04 bits per heavy atom. The quantitative estimate of drug-likeness (QED) is 0.551. The Labute approximate surface area is 167 Å². The zero-order chi connectivity index (χ0) is 19.8. The van der Waals surface area contributed by atoms with E-state index in [9.17, 15) is 8.42 Å². The van der Waals surface area contributed by atoms with E-state index in [0.717, 1.165) is 25.8 Å². The molecule has 3 rings (SSSR count). The van der Waals surface area contributed by atoms with Crippen molar-refractivity contribution in [1.82, 2.24) is 9.62 Å². The molecule has 0 spiro atoms. The molecule has 150 valence electrons. The molecule has 0 saturated carbocycles. The standard InChI is InChI=1S/C21H28N4O2S/c22-21(23-14-11-18-7-3-1-4-8-18)24-17-19-12-15-25(16-13-19)28(26,27)20-9-5-2-6-10-20/h1-10,19H,11-17H2,(H3,22,23,24). The van der Waals surface area contributed by atoms with Crippen LogP contribution in [0.1, 0.15) is 18.4 Å². The van der Waals surface area contributed by atoms with Crippen LogP contribution in [-0.4, -0.2) is 44.9 Å². The molecule has 0 atom stereocenters. The Balaban J connectivity index is 1.42. The van der Waals surface area contributed by atoms with Gasteiger partial charge in [0.1, 0.15) is 0 Å². The lowest BCUT2D eigenvalue weighted by Gasteiger charge is -2.30. The molecule has 0 aromatic heterocycles. The van der Waals surface area contributed by atoms with Crippen molar-refractivity contribution in [1.29, 1.82) is 0 Å². The van der Waals surface area contributed by atoms with Gasteiger partial charge in [0.15, 0.2) is 5.96 Å². The van der Waals surface area contributed by atoms with E-state index in [4.69, 9.17) is 5.73 Å². The second kappa shape index (κ2) is 9.71. The number of nitrogens with two attached hydrogens (primary N) is 1. The summed E-state index contributed by atoms with van der Waals surface area (Å²) in [7, 11) is -3.39. The third-order valence-electron chi connectivity index (χ3n) is 5.04. The molecule has 7 heteroatoms. The fourth-order valence-electron chi connectivity index (χ4n) is 3.34. The number of hydrogen-bond acceptors (Lipinski definition) is 3. The van der Waals surface area contributed by atoms with Gasteiger partial charge in [-0.1, -0.05) is 48.5 Å². The maximum atomic E-state index is 12.7. The number of piperidine rings is 1. The van der Waals surface area contributed by atoms with Gasteiger partial charge in [-0.3, -0.25) is 4.99 Å². The molecule has 0 radical (unpaired) electrons. The summed E-state index contributed by atoms with van der Waals surface area (Å²) in [5, 5.41) is 3.15. The number of nitrogens with zero attached hydrogens (tertiary/aromatic N) is 2. The lowest BCUT2D eigenvalue weighted by Crippen LogP contribution is -2.39. The van der Waals surface area contributed by atoms with E-state index in [0.29, 0.717) is 36.4 Å². The Kier molecular flexibility index (Phi) is 7.06. The van der Waals surface area contributed by atoms with Gasteiger partial charge in [-0.05, 0) is 42.9 Å². The monoisotopic (exact) mass is 400 g/mol. The smallest absolute Gasteiger partial charge is 0.243 e. The Morgan fingerprint density at radius 3 is 2.29 bits per heavy atom. The lowest BCUT2D eigenvalue weighted by atomic mass is 9.98. The molecule has 0 aliphatic carbocycles. The van der Waals surface area contributed by atoms with Crippen LogP contribution in [0.3, 0.4) is 0 Å². The normalized spacial score (nSPS) is 16.8. The van der Waals surface area contributed by atoms with Crippen LogP contribution in [0.5, 0.6) is 0 Å². The highest BCUT2D eigenvalue weighted by molar-refractivity contribution is 7.89. The number of rotatable bonds is 7. The fraction of sp³-hybridized carbons (Fsp3) is 0.381. The Bertz CT molecular complexity index is 862. The summed E-state index contributed by atoms with van der Waals surface area (Å²) < 4.78 is 26.9. The molecule has 1 fully saturated rings. The molecule has 1 saturated heterocycles. The third-order valence-corrected chi connectivity index (χ3v) is 6.95. The van der Waals surface area contributed by atoms with Gasteiger partial charge in [-0.25, -0.2) is 8.42 Å². The largest absolute Gasteiger partial charge is 0.370 e. The van der Waals surface area contributed by atoms with E-state index in [2.05, 4.69) is 22.4 Å². The molecule has 28 heavy (non-hydrogen) atoms. The molecule has 1 aliphatic rings. The number of benzene rings is 2. The van der Waals surface area contributed by atoms with Crippen molar-refractivity contribution in [3.05, 3.63) is 66.2 Å². The van der Waals surface area contributed by atoms with E-state index in [-0.39, 0.29) is 0 Å². The fourth-order valence-corrected chi connectivity index (χ4v) is 4.83. The van der Waals surface area contributed by atoms with Crippen molar-refractivity contribution in [2.45, 2.75) is 24.2 Å². The van der Waals surface area contributed by atoms with Crippen molar-refractivity contribution < 1.29 is 8.42 Å². The molecular weight excluding hydrogens is 372 g/mol. The predicted molar refractivity (Wildman–Crippen MR) is 113 cm³/mol. The summed E-state index contributed by atoms with van der Waals surface area (Å²) >= 11 is 0. The molecule has 1 aliphatic heterocycles. The number of aliphatic imine (C=N–C) groups is 1. The molecule has 6 nitrogen and oxygen atoms in total. The molecule has 2 aromatic rings. The van der Waals surface area contributed by atoms with Gasteiger partial charge in [-0.2, -0.15) is 4.31 Å². The van der Waals surface area contributed by atoms with Crippen LogP contribution in [0.2, 0.25) is 0 Å². The molecule has 2 aromatic carbocycles. The van der Waals surface area contributed by atoms with Gasteiger partial charge in [-0.15, -0.1) is 0 Å². The number of sulfonamides is 1. The number of hydrogen-bond donors (Lipinski definition) is 2. The third kappa shape index (κ3) is 5.56. The van der Waals surface area contributed by atoms with E-state index in [1.807, 2.05) is 24.3 Å². The molecule has 3 N–H and O–H groups in total. The van der Waals surface area contributed by atoms with E-state index in [1.54, 1.807) is 28.6 Å². The highest BCUT2D eigenvalue weighted by Crippen LogP contribution is 2.23. The van der Waals surface area contributed by atoms with Gasteiger partial charge in [0, 0.05) is 26.2 Å². The minimum Gasteiger partial charge on any atom is -0.370 e. The van der Waals surface area contributed by atoms with Crippen LogP contribution in [-0.2, 0) is 16.4 Å². The lowest BCUT2D eigenvalue weighted by molar-refractivity contribution is 0.279. The minimum atomic E-state index is -3.39. The van der Waals surface area contributed by atoms with Gasteiger partial charge in [0.25, 0.3) is 0 Å². The molecule has 0 bridgehead atoms. The minimum absolute atomic E-state index is 0.358. The van der Waals surface area contributed by atoms with Gasteiger partial charge in [0.05, 0.1) is 4.90 Å². The zero-order valence-electron chi connectivity index (χ0n) is 16.0. The summed E-state index contributed by atoms with van der Waals surface area (Å²) in [5.74, 6) is 0.812. The van der Waals surface area contributed by atoms with Crippen molar-refractivity contribution in [3.63, 3.8) is 0 Å². The number of guanidine groups is 1. The average Bonchev–Trinajstić information content (AvgIpc) is 2.74. The molecule has 0 unspecified atom stereocenters.